The lowest BCUT2D eigenvalue weighted by Gasteiger charge is -2.12. The van der Waals surface area contributed by atoms with Crippen LogP contribution in [-0.2, 0) is 11.3 Å². The summed E-state index contributed by atoms with van der Waals surface area (Å²) in [5.74, 6) is 0.915. The summed E-state index contributed by atoms with van der Waals surface area (Å²) >= 11 is 9.16. The van der Waals surface area contributed by atoms with E-state index < -0.39 is 0 Å². The van der Waals surface area contributed by atoms with Gasteiger partial charge < -0.3 is 7.80 Å². The lowest BCUT2D eigenvalue weighted by Crippen LogP contribution is -2.05. The molecule has 0 N–H and O–H groups in total. The molecule has 17 heavy (non-hydrogen) atoms. The maximum atomic E-state index is 5.66. The van der Waals surface area contributed by atoms with E-state index in [1.165, 1.54) is 0 Å². The summed E-state index contributed by atoms with van der Waals surface area (Å²) in [6, 6.07) is 6.18. The molecule has 0 amide bonds. The van der Waals surface area contributed by atoms with Gasteiger partial charge in [-0.3, -0.25) is 0 Å². The van der Waals surface area contributed by atoms with Crippen LogP contribution in [0.1, 0.15) is 17.5 Å². The number of rotatable bonds is 6. The quantitative estimate of drug-likeness (QED) is 0.221. The average Bonchev–Trinajstić information content (AvgIpc) is 2.25. The van der Waals surface area contributed by atoms with Crippen molar-refractivity contribution in [1.29, 1.82) is 0 Å². The molecular formula is C11H12I4O2. The monoisotopic (exact) mass is 684 g/mol. The first-order valence-electron chi connectivity index (χ1n) is 4.95. The Hall–Kier alpha value is 1.90. The molecule has 0 unspecified atom stereocenters. The van der Waals surface area contributed by atoms with E-state index in [1.807, 2.05) is 36.0 Å². The SMILES string of the molecule is Cc1ccc(COCCC(I)(I)I)cc1OI. The van der Waals surface area contributed by atoms with Crippen molar-refractivity contribution < 1.29 is 7.80 Å². The fraction of sp³-hybridized carbons (Fsp3) is 0.455. The van der Waals surface area contributed by atoms with Gasteiger partial charge in [0.05, 0.1) is 6.61 Å². The van der Waals surface area contributed by atoms with Crippen LogP contribution in [0.25, 0.3) is 0 Å². The number of hydrogen-bond acceptors (Lipinski definition) is 2. The van der Waals surface area contributed by atoms with Crippen molar-refractivity contribution in [3.63, 3.8) is 0 Å². The van der Waals surface area contributed by atoms with Gasteiger partial charge in [-0.15, -0.1) is 0 Å². The van der Waals surface area contributed by atoms with Crippen molar-refractivity contribution in [3.05, 3.63) is 29.3 Å². The zero-order chi connectivity index (χ0) is 12.9. The first-order chi connectivity index (χ1) is 7.92. The van der Waals surface area contributed by atoms with E-state index in [4.69, 9.17) is 7.80 Å². The highest BCUT2D eigenvalue weighted by atomic mass is 127. The number of aryl methyl sites for hydroxylation is 1. The minimum Gasteiger partial charge on any atom is -0.427 e. The van der Waals surface area contributed by atoms with Gasteiger partial charge in [0.1, 0.15) is 5.18 Å². The molecule has 0 saturated heterocycles. The minimum atomic E-state index is 0.247. The van der Waals surface area contributed by atoms with Crippen LogP contribution in [0.5, 0.6) is 5.75 Å². The van der Waals surface area contributed by atoms with Crippen LogP contribution in [0.4, 0.5) is 0 Å². The zero-order valence-electron chi connectivity index (χ0n) is 9.18. The lowest BCUT2D eigenvalue weighted by molar-refractivity contribution is 0.121. The Morgan fingerprint density at radius 1 is 1.24 bits per heavy atom. The normalized spacial score (nSPS) is 11.6. The van der Waals surface area contributed by atoms with Gasteiger partial charge in [-0.05, 0) is 24.1 Å². The molecule has 0 heterocycles. The minimum absolute atomic E-state index is 0.247. The van der Waals surface area contributed by atoms with Crippen molar-refractivity contribution in [3.8, 4) is 5.75 Å². The second-order valence-electron chi connectivity index (χ2n) is 3.59. The molecule has 6 heteroatoms. The topological polar surface area (TPSA) is 18.5 Å². The Bertz CT molecular complexity index is 363. The summed E-state index contributed by atoms with van der Waals surface area (Å²) in [5.41, 5.74) is 2.30. The van der Waals surface area contributed by atoms with Crippen LogP contribution in [0.2, 0.25) is 0 Å². The van der Waals surface area contributed by atoms with Crippen molar-refractivity contribution in [2.24, 2.45) is 0 Å². The third kappa shape index (κ3) is 7.30. The molecule has 0 atom stereocenters. The number of alkyl halides is 3. The fourth-order valence-electron chi connectivity index (χ4n) is 1.20. The Morgan fingerprint density at radius 2 is 1.94 bits per heavy atom. The summed E-state index contributed by atoms with van der Waals surface area (Å²) in [5, 5.41) is 0. The molecule has 2 nitrogen and oxygen atoms in total. The molecule has 96 valence electrons. The molecule has 0 bridgehead atoms. The maximum absolute atomic E-state index is 5.66. The van der Waals surface area contributed by atoms with Crippen molar-refractivity contribution >= 4 is 90.8 Å². The van der Waals surface area contributed by atoms with Gasteiger partial charge >= 0.3 is 0 Å². The highest BCUT2D eigenvalue weighted by molar-refractivity contribution is 14.3. The van der Waals surface area contributed by atoms with Gasteiger partial charge in [0, 0.05) is 13.0 Å². The number of ether oxygens (including phenoxy) is 1. The Morgan fingerprint density at radius 3 is 2.53 bits per heavy atom. The van der Waals surface area contributed by atoms with Crippen LogP contribution < -0.4 is 3.07 Å². The average molecular weight is 684 g/mol. The fourth-order valence-corrected chi connectivity index (χ4v) is 2.33. The smallest absolute Gasteiger partial charge is 0.192 e. The largest absolute Gasteiger partial charge is 0.427 e. The van der Waals surface area contributed by atoms with E-state index in [0.717, 1.165) is 29.9 Å². The molecule has 1 aromatic carbocycles. The van der Waals surface area contributed by atoms with E-state index in [9.17, 15) is 0 Å². The van der Waals surface area contributed by atoms with Crippen LogP contribution in [0.15, 0.2) is 18.2 Å². The van der Waals surface area contributed by atoms with E-state index in [0.29, 0.717) is 6.61 Å². The third-order valence-electron chi connectivity index (χ3n) is 2.13. The maximum Gasteiger partial charge on any atom is 0.192 e. The molecule has 0 radical (unpaired) electrons. The highest BCUT2D eigenvalue weighted by Gasteiger charge is 2.16. The third-order valence-corrected chi connectivity index (χ3v) is 4.23. The van der Waals surface area contributed by atoms with Gasteiger partial charge in [-0.2, -0.15) is 0 Å². The summed E-state index contributed by atoms with van der Waals surface area (Å²) in [7, 11) is 0. The summed E-state index contributed by atoms with van der Waals surface area (Å²) in [6.45, 7) is 3.46. The Kier molecular flexibility index (Phi) is 8.22. The molecule has 0 aliphatic heterocycles. The lowest BCUT2D eigenvalue weighted by atomic mass is 10.1. The van der Waals surface area contributed by atoms with Crippen LogP contribution in [-0.4, -0.2) is 6.04 Å². The van der Waals surface area contributed by atoms with E-state index in [1.54, 1.807) is 0 Å². The van der Waals surface area contributed by atoms with Crippen LogP contribution in [0.3, 0.4) is 0 Å². The Balaban J connectivity index is 2.42. The van der Waals surface area contributed by atoms with Gasteiger partial charge in [-0.1, -0.05) is 79.9 Å². The summed E-state index contributed by atoms with van der Waals surface area (Å²) in [6.07, 6.45) is 1.04. The molecule has 0 spiro atoms. The number of hydrogen-bond donors (Lipinski definition) is 0. The first kappa shape index (κ1) is 17.0. The molecule has 0 aliphatic rings. The van der Waals surface area contributed by atoms with Crippen molar-refractivity contribution in [2.75, 3.05) is 6.61 Å². The molecule has 0 aliphatic carbocycles. The summed E-state index contributed by atoms with van der Waals surface area (Å²) in [4.78, 5) is 0. The standard InChI is InChI=1S/C11H12I4O2/c1-8-2-3-9(6-10(8)17-15)7-16-5-4-11(12,13)14/h2-3,6H,4-5,7H2,1H3. The second-order valence-corrected chi connectivity index (χ2v) is 15.8. The van der Waals surface area contributed by atoms with Crippen LogP contribution in [0, 0.1) is 6.92 Å². The van der Waals surface area contributed by atoms with E-state index in [-0.39, 0.29) is -0.565 Å². The van der Waals surface area contributed by atoms with Crippen molar-refractivity contribution in [2.45, 2.75) is 19.4 Å². The second kappa shape index (κ2) is 8.25. The predicted octanol–water partition coefficient (Wildman–Crippen LogP) is 5.59. The van der Waals surface area contributed by atoms with Crippen molar-refractivity contribution in [1.82, 2.24) is 0 Å². The van der Waals surface area contributed by atoms with E-state index in [2.05, 4.69) is 79.9 Å². The Labute approximate surface area is 157 Å². The molecule has 1 rings (SSSR count). The highest BCUT2D eigenvalue weighted by Crippen LogP contribution is 2.38. The number of halogens is 4. The van der Waals surface area contributed by atoms with Gasteiger partial charge in [0.15, 0.2) is 23.0 Å². The van der Waals surface area contributed by atoms with E-state index >= 15 is 0 Å². The van der Waals surface area contributed by atoms with Gasteiger partial charge in [0.25, 0.3) is 0 Å². The number of benzene rings is 1. The molecular weight excluding hydrogens is 672 g/mol. The van der Waals surface area contributed by atoms with Crippen LogP contribution >= 0.6 is 90.8 Å². The summed E-state index contributed by atoms with van der Waals surface area (Å²) < 4.78 is 11.2. The molecule has 0 saturated carbocycles. The zero-order valence-corrected chi connectivity index (χ0v) is 17.8. The predicted molar refractivity (Wildman–Crippen MR) is 105 cm³/mol. The first-order valence-corrected chi connectivity index (χ1v) is 9.06. The van der Waals surface area contributed by atoms with Gasteiger partial charge in [0.2, 0.25) is 0 Å². The molecule has 0 aromatic heterocycles. The molecule has 1 aromatic rings. The molecule has 0 fully saturated rings. The van der Waals surface area contributed by atoms with Gasteiger partial charge in [-0.25, -0.2) is 0 Å².